The van der Waals surface area contributed by atoms with Gasteiger partial charge in [0, 0.05) is 11.3 Å². The molecular weight excluding hydrogens is 743 g/mol. The van der Waals surface area contributed by atoms with Gasteiger partial charge in [0.15, 0.2) is 25.0 Å². The Morgan fingerprint density at radius 1 is 0.944 bits per heavy atom. The van der Waals surface area contributed by atoms with Crippen LogP contribution in [0.2, 0.25) is 54.4 Å². The summed E-state index contributed by atoms with van der Waals surface area (Å²) in [4.78, 5) is 32.5. The van der Waals surface area contributed by atoms with Gasteiger partial charge in [0.05, 0.1) is 48.0 Å². The van der Waals surface area contributed by atoms with Crippen molar-refractivity contribution in [3.63, 3.8) is 0 Å². The summed E-state index contributed by atoms with van der Waals surface area (Å²) in [7, 11) is -5.32. The molecule has 1 heterocycles. The largest absolute Gasteiger partial charge is 0.469 e. The number of aryl methyl sites for hydroxylation is 1. The number of carbonyl (C=O) groups excluding carboxylic acids is 2. The summed E-state index contributed by atoms with van der Waals surface area (Å²) < 4.78 is 26.6. The maximum atomic E-state index is 14.8. The minimum atomic E-state index is -2.38. The first-order chi connectivity index (χ1) is 24.2. The number of rotatable bonds is 15. The monoisotopic (exact) mass is 821 g/mol. The number of ketones is 1. The molecule has 7 nitrogen and oxygen atoms in total. The molecule has 11 heteroatoms. The second-order valence-electron chi connectivity index (χ2n) is 21.1. The molecule has 0 bridgehead atoms. The number of carbonyl (C=O) groups is 2. The normalized spacial score (nSPS) is 24.1. The standard InChI is InChI=1S/C43H79NO6SSi3/c1-29(22-23-35(48-52(16,17)40(5,6)7)30(2)25-34-28-51-32(4)44-34)24-33-27-43(14,36(26-37(45)47-15)49-53(18,19)41(8,9)10)39(46)31(3)38(33)50-54(20,21)42(11,12)13/h22,25,28,31,33,35-36,38H,23-24,26-27H2,1-21H3/b29-22-,30-25+/t31-,33-,35+,36+,38-,43+/m1/s1. The molecular formula is C43H79NO6SSi3. The highest BCUT2D eigenvalue weighted by Gasteiger charge is 2.57. The van der Waals surface area contributed by atoms with E-state index >= 15 is 0 Å². The predicted molar refractivity (Wildman–Crippen MR) is 237 cm³/mol. The third-order valence-electron chi connectivity index (χ3n) is 13.4. The lowest BCUT2D eigenvalue weighted by molar-refractivity contribution is -0.157. The lowest BCUT2D eigenvalue weighted by atomic mass is 9.60. The summed E-state index contributed by atoms with van der Waals surface area (Å²) in [6, 6.07) is 0. The minimum absolute atomic E-state index is 0.0150. The zero-order chi connectivity index (χ0) is 42.0. The molecule has 0 radical (unpaired) electrons. The van der Waals surface area contributed by atoms with Gasteiger partial charge in [-0.25, -0.2) is 4.98 Å². The molecule has 310 valence electrons. The van der Waals surface area contributed by atoms with Crippen molar-refractivity contribution in [1.82, 2.24) is 4.98 Å². The van der Waals surface area contributed by atoms with Crippen molar-refractivity contribution in [3.05, 3.63) is 33.3 Å². The maximum absolute atomic E-state index is 14.8. The van der Waals surface area contributed by atoms with Crippen LogP contribution in [0.3, 0.4) is 0 Å². The highest BCUT2D eigenvalue weighted by molar-refractivity contribution is 7.09. The molecule has 0 saturated heterocycles. The Bertz CT molecular complexity index is 1510. The fourth-order valence-electron chi connectivity index (χ4n) is 6.63. The van der Waals surface area contributed by atoms with Crippen molar-refractivity contribution in [2.75, 3.05) is 7.11 Å². The van der Waals surface area contributed by atoms with Crippen molar-refractivity contribution >= 4 is 54.1 Å². The zero-order valence-electron chi connectivity index (χ0n) is 38.3. The molecule has 0 aromatic carbocycles. The second-order valence-corrected chi connectivity index (χ2v) is 36.4. The molecule has 6 atom stereocenters. The first-order valence-corrected chi connectivity index (χ1v) is 29.7. The number of Topliss-reactive ketones (excluding diaryl/α,β-unsaturated/α-hetero) is 1. The van der Waals surface area contributed by atoms with Crippen LogP contribution in [0, 0.1) is 24.2 Å². The average molecular weight is 822 g/mol. The smallest absolute Gasteiger partial charge is 0.308 e. The van der Waals surface area contributed by atoms with E-state index in [-0.39, 0.29) is 57.3 Å². The molecule has 1 saturated carbocycles. The number of thiazole rings is 1. The van der Waals surface area contributed by atoms with Gasteiger partial charge in [0.25, 0.3) is 0 Å². The Morgan fingerprint density at radius 2 is 1.46 bits per heavy atom. The highest BCUT2D eigenvalue weighted by Crippen LogP contribution is 2.51. The fourth-order valence-corrected chi connectivity index (χ4v) is 11.4. The SMILES string of the molecule is COC(=O)C[C@H](O[Si](C)(C)C(C)(C)C)[C@]1(C)C[C@@H](C/C(C)=C\C[C@H](O[Si](C)(C)C(C)(C)C)/C(C)=C/c2csc(C)n2)[C@H](O[Si](C)(C)C(C)(C)C)[C@@H](C)C1=O. The van der Waals surface area contributed by atoms with Crippen LogP contribution in [0.15, 0.2) is 22.6 Å². The summed E-state index contributed by atoms with van der Waals surface area (Å²) in [5.41, 5.74) is 2.52. The van der Waals surface area contributed by atoms with Crippen molar-refractivity contribution in [1.29, 1.82) is 0 Å². The van der Waals surface area contributed by atoms with Gasteiger partial charge >= 0.3 is 5.97 Å². The van der Waals surface area contributed by atoms with E-state index in [1.54, 1.807) is 11.3 Å². The summed E-state index contributed by atoms with van der Waals surface area (Å²) >= 11 is 1.66. The molecule has 54 heavy (non-hydrogen) atoms. The van der Waals surface area contributed by atoms with E-state index in [9.17, 15) is 9.59 Å². The number of hydrogen-bond donors (Lipinski definition) is 0. The highest BCUT2D eigenvalue weighted by atomic mass is 32.1. The van der Waals surface area contributed by atoms with Gasteiger partial charge in [-0.15, -0.1) is 11.3 Å². The maximum Gasteiger partial charge on any atom is 0.308 e. The van der Waals surface area contributed by atoms with E-state index in [0.29, 0.717) is 6.42 Å². The van der Waals surface area contributed by atoms with E-state index in [0.717, 1.165) is 23.5 Å². The Balaban J connectivity index is 2.66. The molecule has 1 aromatic rings. The molecule has 1 aromatic heterocycles. The average Bonchev–Trinajstić information content (AvgIpc) is 3.41. The second kappa shape index (κ2) is 17.7. The molecule has 0 aliphatic heterocycles. The van der Waals surface area contributed by atoms with Crippen molar-refractivity contribution in [2.45, 2.75) is 195 Å². The summed E-state index contributed by atoms with van der Waals surface area (Å²) in [5.74, 6) is -0.542. The molecule has 0 amide bonds. The van der Waals surface area contributed by atoms with Crippen LogP contribution in [0.25, 0.3) is 6.08 Å². The van der Waals surface area contributed by atoms with E-state index in [1.165, 1.54) is 18.3 Å². The Kier molecular flexibility index (Phi) is 16.1. The van der Waals surface area contributed by atoms with Crippen LogP contribution in [0.4, 0.5) is 0 Å². The van der Waals surface area contributed by atoms with Crippen LogP contribution >= 0.6 is 11.3 Å². The lowest BCUT2D eigenvalue weighted by Gasteiger charge is -2.52. The number of esters is 1. The number of allylic oxidation sites excluding steroid dienone is 1. The molecule has 1 fully saturated rings. The number of methoxy groups -OCH3 is 1. The van der Waals surface area contributed by atoms with Crippen LogP contribution in [0.5, 0.6) is 0 Å². The summed E-state index contributed by atoms with van der Waals surface area (Å²) in [6.45, 7) is 44.3. The molecule has 0 unspecified atom stereocenters. The first kappa shape index (κ1) is 48.9. The number of nitrogens with zero attached hydrogens (tertiary/aromatic N) is 1. The summed E-state index contributed by atoms with van der Waals surface area (Å²) in [5, 5.41) is 3.12. The van der Waals surface area contributed by atoms with Crippen LogP contribution in [-0.4, -0.2) is 67.1 Å². The number of ether oxygens (including phenoxy) is 1. The van der Waals surface area contributed by atoms with Crippen molar-refractivity contribution in [3.8, 4) is 0 Å². The van der Waals surface area contributed by atoms with Gasteiger partial charge in [-0.3, -0.25) is 9.59 Å². The Hall–Kier alpha value is -1.22. The number of aromatic nitrogens is 1. The predicted octanol–water partition coefficient (Wildman–Crippen LogP) is 12.5. The summed E-state index contributed by atoms with van der Waals surface area (Å²) in [6.07, 6.45) is 5.75. The molecule has 0 N–H and O–H groups in total. The molecule has 0 spiro atoms. The van der Waals surface area contributed by atoms with Crippen molar-refractivity contribution < 1.29 is 27.6 Å². The van der Waals surface area contributed by atoms with Crippen LogP contribution in [-0.2, 0) is 27.6 Å². The van der Waals surface area contributed by atoms with E-state index < -0.39 is 36.5 Å². The van der Waals surface area contributed by atoms with Gasteiger partial charge in [0.2, 0.25) is 0 Å². The third-order valence-corrected chi connectivity index (χ3v) is 27.7. The Morgan fingerprint density at radius 3 is 1.93 bits per heavy atom. The molecule has 1 aliphatic carbocycles. The zero-order valence-corrected chi connectivity index (χ0v) is 42.1. The minimum Gasteiger partial charge on any atom is -0.469 e. The fraction of sp³-hybridized carbons (Fsp3) is 0.791. The Labute approximate surface area is 338 Å². The topological polar surface area (TPSA) is 84.0 Å². The number of hydrogen-bond acceptors (Lipinski definition) is 8. The molecule has 2 rings (SSSR count). The quantitative estimate of drug-likeness (QED) is 0.0989. The van der Waals surface area contributed by atoms with Crippen LogP contribution < -0.4 is 0 Å². The molecule has 1 aliphatic rings. The van der Waals surface area contributed by atoms with E-state index in [4.69, 9.17) is 23.0 Å². The van der Waals surface area contributed by atoms with Crippen molar-refractivity contribution in [2.24, 2.45) is 17.3 Å². The van der Waals surface area contributed by atoms with Gasteiger partial charge in [-0.1, -0.05) is 87.8 Å². The third kappa shape index (κ3) is 12.1. The van der Waals surface area contributed by atoms with Gasteiger partial charge in [0.1, 0.15) is 5.78 Å². The van der Waals surface area contributed by atoms with Gasteiger partial charge < -0.3 is 18.0 Å². The van der Waals surface area contributed by atoms with Gasteiger partial charge in [-0.05, 0) is 112 Å². The van der Waals surface area contributed by atoms with E-state index in [2.05, 4.69) is 133 Å². The first-order valence-electron chi connectivity index (χ1n) is 20.1. The van der Waals surface area contributed by atoms with Crippen LogP contribution in [0.1, 0.15) is 126 Å². The van der Waals surface area contributed by atoms with E-state index in [1.807, 2.05) is 20.8 Å². The van der Waals surface area contributed by atoms with Gasteiger partial charge in [-0.2, -0.15) is 0 Å². The lowest BCUT2D eigenvalue weighted by Crippen LogP contribution is -2.60.